The fraction of sp³-hybridized carbons (Fsp3) is 0.429. The van der Waals surface area contributed by atoms with Crippen LogP contribution in [0.25, 0.3) is 0 Å². The van der Waals surface area contributed by atoms with Gasteiger partial charge in [0, 0.05) is 23.3 Å². The van der Waals surface area contributed by atoms with Gasteiger partial charge in [0.2, 0.25) is 0 Å². The SMILES string of the molecule is CCc1cnc(C(=O)NC23CCC(NC(=O)COc4ccc(Cl)c(F)c4)(C2)C3)cn1. The van der Waals surface area contributed by atoms with Gasteiger partial charge in [0.25, 0.3) is 11.8 Å². The van der Waals surface area contributed by atoms with Gasteiger partial charge in [-0.3, -0.25) is 14.6 Å². The van der Waals surface area contributed by atoms with Gasteiger partial charge >= 0.3 is 0 Å². The van der Waals surface area contributed by atoms with Gasteiger partial charge in [-0.15, -0.1) is 0 Å². The number of hydrogen-bond donors (Lipinski definition) is 2. The van der Waals surface area contributed by atoms with E-state index in [-0.39, 0.29) is 40.3 Å². The van der Waals surface area contributed by atoms with Crippen LogP contribution in [0, 0.1) is 5.82 Å². The maximum Gasteiger partial charge on any atom is 0.271 e. The third-order valence-electron chi connectivity index (χ3n) is 5.78. The van der Waals surface area contributed by atoms with E-state index in [0.717, 1.165) is 31.0 Å². The molecule has 0 spiro atoms. The van der Waals surface area contributed by atoms with Gasteiger partial charge in [-0.2, -0.15) is 0 Å². The maximum absolute atomic E-state index is 13.5. The minimum atomic E-state index is -0.600. The molecule has 1 aromatic heterocycles. The lowest BCUT2D eigenvalue weighted by Gasteiger charge is -2.48. The lowest BCUT2D eigenvalue weighted by atomic mass is 9.71. The number of carbonyl (C=O) groups excluding carboxylic acids is 2. The quantitative estimate of drug-likeness (QED) is 0.701. The second kappa shape index (κ2) is 7.83. The van der Waals surface area contributed by atoms with E-state index in [9.17, 15) is 14.0 Å². The normalized spacial score (nSPS) is 24.1. The molecular formula is C21H22ClFN4O3. The van der Waals surface area contributed by atoms with Crippen LogP contribution in [0.15, 0.2) is 30.6 Å². The lowest BCUT2D eigenvalue weighted by Crippen LogP contribution is -2.65. The fourth-order valence-electron chi connectivity index (χ4n) is 4.38. The van der Waals surface area contributed by atoms with E-state index in [1.165, 1.54) is 18.3 Å². The number of hydrogen-bond acceptors (Lipinski definition) is 5. The molecule has 2 bridgehead atoms. The van der Waals surface area contributed by atoms with E-state index < -0.39 is 5.82 Å². The van der Waals surface area contributed by atoms with Crippen molar-refractivity contribution in [1.29, 1.82) is 0 Å². The Labute approximate surface area is 178 Å². The predicted molar refractivity (Wildman–Crippen MR) is 108 cm³/mol. The molecule has 30 heavy (non-hydrogen) atoms. The summed E-state index contributed by atoms with van der Waals surface area (Å²) >= 11 is 5.63. The highest BCUT2D eigenvalue weighted by molar-refractivity contribution is 6.30. The summed E-state index contributed by atoms with van der Waals surface area (Å²) in [5, 5.41) is 6.07. The minimum Gasteiger partial charge on any atom is -0.484 e. The van der Waals surface area contributed by atoms with Crippen LogP contribution in [0.2, 0.25) is 5.02 Å². The molecule has 3 aliphatic rings. The van der Waals surface area contributed by atoms with Crippen LogP contribution in [-0.2, 0) is 11.2 Å². The number of halogens is 2. The Morgan fingerprint density at radius 1 is 1.17 bits per heavy atom. The summed E-state index contributed by atoms with van der Waals surface area (Å²) in [6.07, 6.45) is 6.74. The van der Waals surface area contributed by atoms with Crippen molar-refractivity contribution in [1.82, 2.24) is 20.6 Å². The van der Waals surface area contributed by atoms with E-state index in [1.54, 1.807) is 6.20 Å². The Morgan fingerprint density at radius 2 is 1.90 bits per heavy atom. The first-order valence-corrected chi connectivity index (χ1v) is 10.2. The topological polar surface area (TPSA) is 93.2 Å². The molecule has 2 N–H and O–H groups in total. The number of amides is 2. The summed E-state index contributed by atoms with van der Waals surface area (Å²) in [5.74, 6) is -0.896. The maximum atomic E-state index is 13.5. The number of aryl methyl sites for hydroxylation is 1. The van der Waals surface area contributed by atoms with E-state index in [4.69, 9.17) is 16.3 Å². The van der Waals surface area contributed by atoms with Gasteiger partial charge in [-0.25, -0.2) is 9.37 Å². The number of nitrogens with one attached hydrogen (secondary N) is 2. The van der Waals surface area contributed by atoms with Crippen molar-refractivity contribution < 1.29 is 18.7 Å². The summed E-state index contributed by atoms with van der Waals surface area (Å²) in [7, 11) is 0. The molecule has 0 radical (unpaired) electrons. The standard InChI is InChI=1S/C21H22ClFN4O3/c1-2-13-8-25-17(9-24-13)19(29)27-21-6-5-20(11-21,12-21)26-18(28)10-30-14-3-4-15(22)16(23)7-14/h3-4,7-9H,2,5-6,10-12H2,1H3,(H,26,28)(H,27,29). The molecular weight excluding hydrogens is 411 g/mol. The number of fused-ring (bicyclic) bond motifs is 1. The molecule has 3 aliphatic carbocycles. The summed E-state index contributed by atoms with van der Waals surface area (Å²) in [4.78, 5) is 33.2. The van der Waals surface area contributed by atoms with Gasteiger partial charge in [-0.05, 0) is 44.2 Å². The summed E-state index contributed by atoms with van der Waals surface area (Å²) < 4.78 is 18.8. The van der Waals surface area contributed by atoms with Crippen molar-refractivity contribution in [2.75, 3.05) is 6.61 Å². The highest BCUT2D eigenvalue weighted by atomic mass is 35.5. The van der Waals surface area contributed by atoms with Crippen molar-refractivity contribution in [3.05, 3.63) is 52.8 Å². The van der Waals surface area contributed by atoms with Crippen molar-refractivity contribution in [2.45, 2.75) is 50.1 Å². The highest BCUT2D eigenvalue weighted by Gasteiger charge is 2.62. The van der Waals surface area contributed by atoms with Gasteiger partial charge in [0.1, 0.15) is 17.3 Å². The summed E-state index contributed by atoms with van der Waals surface area (Å²) in [5.41, 5.74) is 0.463. The van der Waals surface area contributed by atoms with Gasteiger partial charge in [0.15, 0.2) is 6.61 Å². The van der Waals surface area contributed by atoms with Crippen LogP contribution in [0.5, 0.6) is 5.75 Å². The Hall–Kier alpha value is -2.74. The predicted octanol–water partition coefficient (Wildman–Crippen LogP) is 2.82. The van der Waals surface area contributed by atoms with Crippen molar-refractivity contribution in [3.63, 3.8) is 0 Å². The molecule has 2 aromatic rings. The molecule has 3 fully saturated rings. The molecule has 0 unspecified atom stereocenters. The third-order valence-corrected chi connectivity index (χ3v) is 6.09. The first-order chi connectivity index (χ1) is 14.3. The number of ether oxygens (including phenoxy) is 1. The van der Waals surface area contributed by atoms with E-state index >= 15 is 0 Å². The molecule has 5 rings (SSSR count). The monoisotopic (exact) mass is 432 g/mol. The number of nitrogens with zero attached hydrogens (tertiary/aromatic N) is 2. The lowest BCUT2D eigenvalue weighted by molar-refractivity contribution is -0.126. The highest BCUT2D eigenvalue weighted by Crippen LogP contribution is 2.55. The van der Waals surface area contributed by atoms with Crippen LogP contribution < -0.4 is 15.4 Å². The molecule has 1 aromatic carbocycles. The van der Waals surface area contributed by atoms with Crippen molar-refractivity contribution in [2.24, 2.45) is 0 Å². The molecule has 0 saturated heterocycles. The van der Waals surface area contributed by atoms with E-state index in [0.29, 0.717) is 18.5 Å². The smallest absolute Gasteiger partial charge is 0.271 e. The number of benzene rings is 1. The summed E-state index contributed by atoms with van der Waals surface area (Å²) in [6, 6.07) is 4.03. The molecule has 0 aliphatic heterocycles. The second-order valence-electron chi connectivity index (χ2n) is 8.03. The van der Waals surface area contributed by atoms with Crippen LogP contribution in [0.4, 0.5) is 4.39 Å². The molecule has 1 heterocycles. The van der Waals surface area contributed by atoms with Gasteiger partial charge in [-0.1, -0.05) is 18.5 Å². The van der Waals surface area contributed by atoms with Gasteiger partial charge in [0.05, 0.1) is 16.9 Å². The largest absolute Gasteiger partial charge is 0.484 e. The second-order valence-corrected chi connectivity index (χ2v) is 8.43. The zero-order chi connectivity index (χ0) is 21.4. The van der Waals surface area contributed by atoms with Crippen LogP contribution >= 0.6 is 11.6 Å². The van der Waals surface area contributed by atoms with Crippen molar-refractivity contribution in [3.8, 4) is 5.75 Å². The average Bonchev–Trinajstić information content (AvgIpc) is 3.23. The third kappa shape index (κ3) is 4.09. The zero-order valence-corrected chi connectivity index (χ0v) is 17.3. The Kier molecular flexibility index (Phi) is 5.36. The molecule has 3 saturated carbocycles. The van der Waals surface area contributed by atoms with E-state index in [1.807, 2.05) is 6.92 Å². The Bertz CT molecular complexity index is 977. The number of rotatable bonds is 7. The van der Waals surface area contributed by atoms with Crippen molar-refractivity contribution >= 4 is 23.4 Å². The average molecular weight is 433 g/mol. The number of carbonyl (C=O) groups is 2. The molecule has 7 nitrogen and oxygen atoms in total. The molecule has 9 heteroatoms. The zero-order valence-electron chi connectivity index (χ0n) is 16.5. The van der Waals surface area contributed by atoms with E-state index in [2.05, 4.69) is 20.6 Å². The molecule has 2 amide bonds. The molecule has 158 valence electrons. The van der Waals surface area contributed by atoms with Crippen LogP contribution in [0.1, 0.15) is 48.8 Å². The Balaban J connectivity index is 1.28. The van der Waals surface area contributed by atoms with Crippen LogP contribution in [0.3, 0.4) is 0 Å². The van der Waals surface area contributed by atoms with Crippen LogP contribution in [-0.4, -0.2) is 39.5 Å². The van der Waals surface area contributed by atoms with Gasteiger partial charge < -0.3 is 15.4 Å². The summed E-state index contributed by atoms with van der Waals surface area (Å²) in [6.45, 7) is 1.75. The molecule has 0 atom stereocenters. The first kappa shape index (κ1) is 20.5. The minimum absolute atomic E-state index is 0.00297. The first-order valence-electron chi connectivity index (χ1n) is 9.84. The Morgan fingerprint density at radius 3 is 2.53 bits per heavy atom. The fourth-order valence-corrected chi connectivity index (χ4v) is 4.50. The number of aromatic nitrogens is 2.